The van der Waals surface area contributed by atoms with E-state index in [9.17, 15) is 9.59 Å². The minimum atomic E-state index is 0.00806. The Labute approximate surface area is 72.7 Å². The number of likely N-dealkylation sites (tertiary alicyclic amines) is 1. The molecule has 0 N–H and O–H groups in total. The van der Waals surface area contributed by atoms with Crippen molar-refractivity contribution in [2.45, 2.75) is 45.6 Å². The molecule has 1 fully saturated rings. The first-order valence-corrected chi connectivity index (χ1v) is 4.55. The maximum Gasteiger partial charge on any atom is 0.229 e. The van der Waals surface area contributed by atoms with Crippen LogP contribution in [0.3, 0.4) is 0 Å². The van der Waals surface area contributed by atoms with Crippen LogP contribution in [0.25, 0.3) is 0 Å². The van der Waals surface area contributed by atoms with Crippen LogP contribution in [0.15, 0.2) is 0 Å². The van der Waals surface area contributed by atoms with Gasteiger partial charge < -0.3 is 0 Å². The molecule has 0 unspecified atom stereocenters. The molecule has 1 aliphatic rings. The number of nitrogens with zero attached hydrogens (tertiary/aromatic N) is 1. The largest absolute Gasteiger partial charge is 0.280 e. The van der Waals surface area contributed by atoms with Crippen LogP contribution in [-0.2, 0) is 9.59 Å². The molecule has 0 aromatic carbocycles. The summed E-state index contributed by atoms with van der Waals surface area (Å²) in [5.41, 5.74) is 0. The van der Waals surface area contributed by atoms with E-state index >= 15 is 0 Å². The normalized spacial score (nSPS) is 18.1. The van der Waals surface area contributed by atoms with Crippen molar-refractivity contribution in [3.63, 3.8) is 0 Å². The van der Waals surface area contributed by atoms with Gasteiger partial charge in [-0.3, -0.25) is 14.5 Å². The monoisotopic (exact) mass is 169 g/mol. The van der Waals surface area contributed by atoms with Gasteiger partial charge in [-0.15, -0.1) is 0 Å². The predicted molar refractivity (Wildman–Crippen MR) is 45.5 cm³/mol. The second kappa shape index (κ2) is 3.70. The molecule has 0 saturated carbocycles. The SMILES string of the molecule is CCC(CC)N1C(=O)CCC1=O. The summed E-state index contributed by atoms with van der Waals surface area (Å²) < 4.78 is 0. The molecule has 0 aromatic rings. The summed E-state index contributed by atoms with van der Waals surface area (Å²) in [6.07, 6.45) is 2.56. The third-order valence-corrected chi connectivity index (χ3v) is 2.40. The van der Waals surface area contributed by atoms with Crippen molar-refractivity contribution in [3.8, 4) is 0 Å². The van der Waals surface area contributed by atoms with E-state index in [0.29, 0.717) is 12.8 Å². The lowest BCUT2D eigenvalue weighted by Crippen LogP contribution is -2.38. The summed E-state index contributed by atoms with van der Waals surface area (Å²) in [6.45, 7) is 4.01. The molecule has 3 heteroatoms. The van der Waals surface area contributed by atoms with Crippen molar-refractivity contribution in [2.75, 3.05) is 0 Å². The Morgan fingerprint density at radius 2 is 1.58 bits per heavy atom. The van der Waals surface area contributed by atoms with Gasteiger partial charge in [-0.2, -0.15) is 0 Å². The van der Waals surface area contributed by atoms with Crippen LogP contribution in [0.5, 0.6) is 0 Å². The molecular weight excluding hydrogens is 154 g/mol. The molecular formula is C9H15NO2. The molecule has 2 amide bonds. The first kappa shape index (κ1) is 9.23. The highest BCUT2D eigenvalue weighted by atomic mass is 16.2. The maximum absolute atomic E-state index is 11.2. The Kier molecular flexibility index (Phi) is 2.84. The average Bonchev–Trinajstić information content (AvgIpc) is 2.38. The molecule has 1 saturated heterocycles. The van der Waals surface area contributed by atoms with Gasteiger partial charge in [0.05, 0.1) is 0 Å². The highest BCUT2D eigenvalue weighted by Gasteiger charge is 2.32. The van der Waals surface area contributed by atoms with Crippen molar-refractivity contribution >= 4 is 11.8 Å². The van der Waals surface area contributed by atoms with Crippen LogP contribution in [0.2, 0.25) is 0 Å². The van der Waals surface area contributed by atoms with Gasteiger partial charge in [0.25, 0.3) is 0 Å². The molecule has 1 rings (SSSR count). The first-order valence-electron chi connectivity index (χ1n) is 4.55. The first-order chi connectivity index (χ1) is 5.70. The average molecular weight is 169 g/mol. The second-order valence-electron chi connectivity index (χ2n) is 3.13. The van der Waals surface area contributed by atoms with Gasteiger partial charge in [0.1, 0.15) is 0 Å². The molecule has 0 radical (unpaired) electrons. The molecule has 1 heterocycles. The lowest BCUT2D eigenvalue weighted by atomic mass is 10.1. The quantitative estimate of drug-likeness (QED) is 0.597. The third kappa shape index (κ3) is 1.49. The van der Waals surface area contributed by atoms with Gasteiger partial charge in [0.15, 0.2) is 0 Å². The fourth-order valence-corrected chi connectivity index (χ4v) is 1.65. The summed E-state index contributed by atoms with van der Waals surface area (Å²) in [4.78, 5) is 23.9. The van der Waals surface area contributed by atoms with Crippen LogP contribution in [0.4, 0.5) is 0 Å². The molecule has 0 spiro atoms. The van der Waals surface area contributed by atoms with Gasteiger partial charge in [0.2, 0.25) is 11.8 Å². The third-order valence-electron chi connectivity index (χ3n) is 2.40. The lowest BCUT2D eigenvalue weighted by molar-refractivity contribution is -0.141. The molecule has 68 valence electrons. The Bertz CT molecular complexity index is 181. The standard InChI is InChI=1S/C9H15NO2/c1-3-7(4-2)10-8(11)5-6-9(10)12/h7H,3-6H2,1-2H3. The highest BCUT2D eigenvalue weighted by molar-refractivity contribution is 6.02. The molecule has 0 aromatic heterocycles. The minimum absolute atomic E-state index is 0.00806. The molecule has 0 aliphatic carbocycles. The Morgan fingerprint density at radius 1 is 1.17 bits per heavy atom. The topological polar surface area (TPSA) is 37.4 Å². The van der Waals surface area contributed by atoms with E-state index in [1.807, 2.05) is 13.8 Å². The summed E-state index contributed by atoms with van der Waals surface area (Å²) >= 11 is 0. The molecule has 3 nitrogen and oxygen atoms in total. The van der Waals surface area contributed by atoms with E-state index < -0.39 is 0 Å². The van der Waals surface area contributed by atoms with Crippen LogP contribution >= 0.6 is 0 Å². The van der Waals surface area contributed by atoms with Crippen molar-refractivity contribution in [1.29, 1.82) is 0 Å². The predicted octanol–water partition coefficient (Wildman–Crippen LogP) is 1.32. The van der Waals surface area contributed by atoms with Crippen molar-refractivity contribution in [1.82, 2.24) is 4.90 Å². The van der Waals surface area contributed by atoms with Crippen molar-refractivity contribution in [3.05, 3.63) is 0 Å². The maximum atomic E-state index is 11.2. The zero-order valence-electron chi connectivity index (χ0n) is 7.67. The number of imide groups is 1. The zero-order chi connectivity index (χ0) is 9.14. The fraction of sp³-hybridized carbons (Fsp3) is 0.778. The highest BCUT2D eigenvalue weighted by Crippen LogP contribution is 2.18. The Morgan fingerprint density at radius 3 is 1.92 bits per heavy atom. The van der Waals surface area contributed by atoms with E-state index in [1.54, 1.807) is 0 Å². The molecule has 0 atom stereocenters. The molecule has 1 aliphatic heterocycles. The number of hydrogen-bond donors (Lipinski definition) is 0. The number of carbonyl (C=O) groups is 2. The van der Waals surface area contributed by atoms with E-state index in [1.165, 1.54) is 4.90 Å². The van der Waals surface area contributed by atoms with E-state index in [-0.39, 0.29) is 17.9 Å². The molecule has 12 heavy (non-hydrogen) atoms. The summed E-state index contributed by atoms with van der Waals surface area (Å²) in [7, 11) is 0. The summed E-state index contributed by atoms with van der Waals surface area (Å²) in [5.74, 6) is 0.0161. The molecule has 0 bridgehead atoms. The van der Waals surface area contributed by atoms with Crippen LogP contribution in [0, 0.1) is 0 Å². The zero-order valence-corrected chi connectivity index (χ0v) is 7.67. The smallest absolute Gasteiger partial charge is 0.229 e. The van der Waals surface area contributed by atoms with Gasteiger partial charge in [-0.25, -0.2) is 0 Å². The Hall–Kier alpha value is -0.860. The van der Waals surface area contributed by atoms with Crippen LogP contribution in [0.1, 0.15) is 39.5 Å². The van der Waals surface area contributed by atoms with Crippen molar-refractivity contribution < 1.29 is 9.59 Å². The summed E-state index contributed by atoms with van der Waals surface area (Å²) in [5, 5.41) is 0. The van der Waals surface area contributed by atoms with E-state index in [2.05, 4.69) is 0 Å². The van der Waals surface area contributed by atoms with E-state index in [4.69, 9.17) is 0 Å². The minimum Gasteiger partial charge on any atom is -0.280 e. The van der Waals surface area contributed by atoms with Crippen molar-refractivity contribution in [2.24, 2.45) is 0 Å². The number of rotatable bonds is 3. The fourth-order valence-electron chi connectivity index (χ4n) is 1.65. The van der Waals surface area contributed by atoms with Crippen LogP contribution < -0.4 is 0 Å². The lowest BCUT2D eigenvalue weighted by Gasteiger charge is -2.23. The number of carbonyl (C=O) groups excluding carboxylic acids is 2. The number of hydrogen-bond acceptors (Lipinski definition) is 2. The van der Waals surface area contributed by atoms with Gasteiger partial charge in [-0.1, -0.05) is 13.8 Å². The summed E-state index contributed by atoms with van der Waals surface area (Å²) in [6, 6.07) is 0.132. The number of amides is 2. The van der Waals surface area contributed by atoms with Crippen LogP contribution in [-0.4, -0.2) is 22.8 Å². The Balaban J connectivity index is 2.70. The van der Waals surface area contributed by atoms with Gasteiger partial charge in [-0.05, 0) is 12.8 Å². The van der Waals surface area contributed by atoms with Gasteiger partial charge in [0, 0.05) is 18.9 Å². The second-order valence-corrected chi connectivity index (χ2v) is 3.13. The van der Waals surface area contributed by atoms with Gasteiger partial charge >= 0.3 is 0 Å². The van der Waals surface area contributed by atoms with E-state index in [0.717, 1.165) is 12.8 Å².